The summed E-state index contributed by atoms with van der Waals surface area (Å²) in [6.45, 7) is 0.317. The lowest BCUT2D eigenvalue weighted by molar-refractivity contribution is -0.135. The second-order valence-electron chi connectivity index (χ2n) is 4.63. The molecule has 0 unspecified atom stereocenters. The molecule has 0 aromatic heterocycles. The first-order chi connectivity index (χ1) is 10.6. The van der Waals surface area contributed by atoms with Crippen LogP contribution in [0.25, 0.3) is 0 Å². The van der Waals surface area contributed by atoms with E-state index in [2.05, 4.69) is 5.32 Å². The van der Waals surface area contributed by atoms with Crippen molar-refractivity contribution in [2.24, 2.45) is 0 Å². The Balaban J connectivity index is 1.97. The molecule has 0 fully saturated rings. The van der Waals surface area contributed by atoms with Crippen molar-refractivity contribution in [3.8, 4) is 5.75 Å². The fourth-order valence-corrected chi connectivity index (χ4v) is 2.10. The molecule has 0 aliphatic heterocycles. The minimum atomic E-state index is -0.915. The van der Waals surface area contributed by atoms with E-state index in [0.717, 1.165) is 5.56 Å². The maximum Gasteiger partial charge on any atom is 0.317 e. The molecular formula is C16H15ClFNO3. The van der Waals surface area contributed by atoms with E-state index >= 15 is 0 Å². The van der Waals surface area contributed by atoms with Gasteiger partial charge in [-0.25, -0.2) is 4.39 Å². The molecule has 0 radical (unpaired) electrons. The molecule has 2 aromatic carbocycles. The van der Waals surface area contributed by atoms with Crippen LogP contribution in [0.2, 0.25) is 5.02 Å². The van der Waals surface area contributed by atoms with Gasteiger partial charge in [-0.15, -0.1) is 0 Å². The van der Waals surface area contributed by atoms with Gasteiger partial charge in [0.2, 0.25) is 0 Å². The topological polar surface area (TPSA) is 58.6 Å². The molecule has 0 saturated carbocycles. The van der Waals surface area contributed by atoms with Crippen LogP contribution in [0.1, 0.15) is 11.1 Å². The van der Waals surface area contributed by atoms with Gasteiger partial charge in [0.25, 0.3) is 0 Å². The monoisotopic (exact) mass is 323 g/mol. The number of benzene rings is 2. The van der Waals surface area contributed by atoms with Crippen LogP contribution >= 0.6 is 11.6 Å². The summed E-state index contributed by atoms with van der Waals surface area (Å²) in [5.41, 5.74) is 1.18. The molecular weight excluding hydrogens is 309 g/mol. The maximum atomic E-state index is 13.6. The molecule has 0 bridgehead atoms. The fraction of sp³-hybridized carbons (Fsp3) is 0.188. The standard InChI is InChI=1S/C16H15ClFNO3/c17-14-5-2-6-15(18)13(14)10-22-12-4-1-3-11(7-12)8-19-9-16(20)21/h1-7,19H,8-10H2,(H,20,21). The summed E-state index contributed by atoms with van der Waals surface area (Å²) in [6, 6.07) is 11.6. The third kappa shape index (κ3) is 4.72. The highest BCUT2D eigenvalue weighted by Gasteiger charge is 2.08. The molecule has 116 valence electrons. The van der Waals surface area contributed by atoms with Crippen molar-refractivity contribution in [3.05, 3.63) is 64.4 Å². The first kappa shape index (κ1) is 16.3. The van der Waals surface area contributed by atoms with E-state index in [1.54, 1.807) is 24.3 Å². The molecule has 2 N–H and O–H groups in total. The Morgan fingerprint density at radius 1 is 1.27 bits per heavy atom. The first-order valence-corrected chi connectivity index (χ1v) is 7.01. The number of carboxylic acids is 1. The normalized spacial score (nSPS) is 10.5. The molecule has 0 saturated heterocycles. The van der Waals surface area contributed by atoms with Gasteiger partial charge in [-0.3, -0.25) is 4.79 Å². The Hall–Kier alpha value is -2.11. The highest BCUT2D eigenvalue weighted by Crippen LogP contribution is 2.22. The zero-order valence-electron chi connectivity index (χ0n) is 11.7. The first-order valence-electron chi connectivity index (χ1n) is 6.63. The van der Waals surface area contributed by atoms with E-state index in [1.165, 1.54) is 12.1 Å². The van der Waals surface area contributed by atoms with Crippen LogP contribution in [0.3, 0.4) is 0 Å². The van der Waals surface area contributed by atoms with Gasteiger partial charge in [0.15, 0.2) is 0 Å². The molecule has 6 heteroatoms. The summed E-state index contributed by atoms with van der Waals surface area (Å²) >= 11 is 5.94. The number of hydrogen-bond donors (Lipinski definition) is 2. The van der Waals surface area contributed by atoms with Crippen molar-refractivity contribution in [2.75, 3.05) is 6.54 Å². The van der Waals surface area contributed by atoms with Gasteiger partial charge < -0.3 is 15.2 Å². The van der Waals surface area contributed by atoms with Gasteiger partial charge >= 0.3 is 5.97 Å². The Morgan fingerprint density at radius 2 is 2.05 bits per heavy atom. The number of rotatable bonds is 7. The zero-order valence-corrected chi connectivity index (χ0v) is 12.4. The number of carboxylic acid groups (broad SMARTS) is 1. The van der Waals surface area contributed by atoms with E-state index in [9.17, 15) is 9.18 Å². The Kier molecular flexibility index (Phi) is 5.75. The van der Waals surface area contributed by atoms with E-state index in [-0.39, 0.29) is 13.2 Å². The number of nitrogens with one attached hydrogen (secondary N) is 1. The van der Waals surface area contributed by atoms with E-state index in [0.29, 0.717) is 22.9 Å². The molecule has 0 amide bonds. The molecule has 0 heterocycles. The van der Waals surface area contributed by atoms with Crippen LogP contribution in [-0.2, 0) is 17.9 Å². The minimum Gasteiger partial charge on any atom is -0.489 e. The summed E-state index contributed by atoms with van der Waals surface area (Å²) in [6.07, 6.45) is 0. The lowest BCUT2D eigenvalue weighted by Gasteiger charge is -2.10. The second kappa shape index (κ2) is 7.77. The SMILES string of the molecule is O=C(O)CNCc1cccc(OCc2c(F)cccc2Cl)c1. The summed E-state index contributed by atoms with van der Waals surface area (Å²) in [4.78, 5) is 10.4. The molecule has 2 aromatic rings. The lowest BCUT2D eigenvalue weighted by atomic mass is 10.2. The van der Waals surface area contributed by atoms with Crippen LogP contribution in [0.15, 0.2) is 42.5 Å². The van der Waals surface area contributed by atoms with Crippen molar-refractivity contribution >= 4 is 17.6 Å². The van der Waals surface area contributed by atoms with E-state index < -0.39 is 11.8 Å². The van der Waals surface area contributed by atoms with Crippen molar-refractivity contribution in [1.82, 2.24) is 5.32 Å². The number of aliphatic carboxylic acids is 1. The average Bonchev–Trinajstić information content (AvgIpc) is 2.47. The van der Waals surface area contributed by atoms with Crippen molar-refractivity contribution in [2.45, 2.75) is 13.2 Å². The van der Waals surface area contributed by atoms with Gasteiger partial charge in [0.1, 0.15) is 18.2 Å². The molecule has 0 spiro atoms. The van der Waals surface area contributed by atoms with Crippen LogP contribution in [0, 0.1) is 5.82 Å². The third-order valence-electron chi connectivity index (χ3n) is 2.95. The van der Waals surface area contributed by atoms with Crippen LogP contribution in [0.5, 0.6) is 5.75 Å². The number of ether oxygens (including phenoxy) is 1. The van der Waals surface area contributed by atoms with Gasteiger partial charge in [0, 0.05) is 12.1 Å². The van der Waals surface area contributed by atoms with Crippen molar-refractivity contribution < 1.29 is 19.0 Å². The Bertz CT molecular complexity index is 643. The maximum absolute atomic E-state index is 13.6. The highest BCUT2D eigenvalue weighted by atomic mass is 35.5. The van der Waals surface area contributed by atoms with E-state index in [4.69, 9.17) is 21.4 Å². The summed E-state index contributed by atoms with van der Waals surface area (Å²) < 4.78 is 19.2. The van der Waals surface area contributed by atoms with Gasteiger partial charge in [0.05, 0.1) is 11.6 Å². The Labute approximate surface area is 132 Å². The van der Waals surface area contributed by atoms with Gasteiger partial charge in [-0.1, -0.05) is 29.8 Å². The zero-order chi connectivity index (χ0) is 15.9. The summed E-state index contributed by atoms with van der Waals surface area (Å²) in [5, 5.41) is 11.7. The van der Waals surface area contributed by atoms with Gasteiger partial charge in [-0.2, -0.15) is 0 Å². The molecule has 4 nitrogen and oxygen atoms in total. The minimum absolute atomic E-state index is 0.0253. The fourth-order valence-electron chi connectivity index (χ4n) is 1.88. The van der Waals surface area contributed by atoms with Crippen LogP contribution in [0.4, 0.5) is 4.39 Å². The number of carbonyl (C=O) groups is 1. The predicted octanol–water partition coefficient (Wildman–Crippen LogP) is 3.23. The lowest BCUT2D eigenvalue weighted by Crippen LogP contribution is -2.21. The molecule has 0 aliphatic rings. The average molecular weight is 324 g/mol. The molecule has 0 aliphatic carbocycles. The van der Waals surface area contributed by atoms with Gasteiger partial charge in [-0.05, 0) is 29.8 Å². The smallest absolute Gasteiger partial charge is 0.317 e. The molecule has 0 atom stereocenters. The largest absolute Gasteiger partial charge is 0.489 e. The highest BCUT2D eigenvalue weighted by molar-refractivity contribution is 6.31. The Morgan fingerprint density at radius 3 is 2.77 bits per heavy atom. The second-order valence-corrected chi connectivity index (χ2v) is 5.04. The summed E-state index contributed by atoms with van der Waals surface area (Å²) in [7, 11) is 0. The summed E-state index contributed by atoms with van der Waals surface area (Å²) in [5.74, 6) is -0.762. The van der Waals surface area contributed by atoms with Crippen molar-refractivity contribution in [3.63, 3.8) is 0 Å². The third-order valence-corrected chi connectivity index (χ3v) is 3.30. The van der Waals surface area contributed by atoms with E-state index in [1.807, 2.05) is 6.07 Å². The number of hydrogen-bond acceptors (Lipinski definition) is 3. The molecule has 22 heavy (non-hydrogen) atoms. The van der Waals surface area contributed by atoms with Crippen LogP contribution in [-0.4, -0.2) is 17.6 Å². The van der Waals surface area contributed by atoms with Crippen molar-refractivity contribution in [1.29, 1.82) is 0 Å². The van der Waals surface area contributed by atoms with Crippen LogP contribution < -0.4 is 10.1 Å². The quantitative estimate of drug-likeness (QED) is 0.821. The predicted molar refractivity (Wildman–Crippen MR) is 81.5 cm³/mol. The number of halogens is 2. The molecule has 2 rings (SSSR count).